The Morgan fingerprint density at radius 2 is 1.95 bits per heavy atom. The van der Waals surface area contributed by atoms with E-state index < -0.39 is 18.5 Å². The third kappa shape index (κ3) is 4.86. The van der Waals surface area contributed by atoms with Crippen molar-refractivity contribution in [2.45, 2.75) is 12.6 Å². The highest BCUT2D eigenvalue weighted by atomic mass is 32.1. The summed E-state index contributed by atoms with van der Waals surface area (Å²) < 4.78 is 36.2. The molecule has 0 aliphatic heterocycles. The van der Waals surface area contributed by atoms with Gasteiger partial charge in [0.1, 0.15) is 4.99 Å². The maximum Gasteiger partial charge on any atom is 0.390 e. The quantitative estimate of drug-likeness (QED) is 0.866. The van der Waals surface area contributed by atoms with Gasteiger partial charge in [-0.3, -0.25) is 4.79 Å². The van der Waals surface area contributed by atoms with Crippen LogP contribution in [0.4, 0.5) is 13.2 Å². The van der Waals surface area contributed by atoms with Crippen LogP contribution in [0, 0.1) is 0 Å². The molecule has 0 fully saturated rings. The molecule has 0 radical (unpaired) electrons. The van der Waals surface area contributed by atoms with E-state index in [2.05, 4.69) is 0 Å². The molecule has 0 bridgehead atoms. The van der Waals surface area contributed by atoms with Crippen molar-refractivity contribution in [3.63, 3.8) is 0 Å². The minimum absolute atomic E-state index is 0.132. The second-order valence-corrected chi connectivity index (χ2v) is 4.48. The zero-order valence-corrected chi connectivity index (χ0v) is 11.0. The van der Waals surface area contributed by atoms with Gasteiger partial charge in [0.2, 0.25) is 0 Å². The molecule has 7 heteroatoms. The van der Waals surface area contributed by atoms with Crippen molar-refractivity contribution in [1.82, 2.24) is 4.90 Å². The summed E-state index contributed by atoms with van der Waals surface area (Å²) in [5.41, 5.74) is 6.20. The van der Waals surface area contributed by atoms with Gasteiger partial charge in [-0.2, -0.15) is 13.2 Å². The fraction of sp³-hybridized carbons (Fsp3) is 0.333. The molecule has 19 heavy (non-hydrogen) atoms. The zero-order chi connectivity index (χ0) is 14.6. The van der Waals surface area contributed by atoms with Gasteiger partial charge in [0, 0.05) is 24.7 Å². The molecule has 0 saturated carbocycles. The SMILES string of the molecule is CN(CCC(F)(F)F)C(=O)c1cccc(C(N)=S)c1. The summed E-state index contributed by atoms with van der Waals surface area (Å²) in [6.45, 7) is -0.389. The monoisotopic (exact) mass is 290 g/mol. The Labute approximate surface area is 114 Å². The van der Waals surface area contributed by atoms with Crippen LogP contribution in [0.2, 0.25) is 0 Å². The predicted octanol–water partition coefficient (Wildman–Crippen LogP) is 2.35. The molecule has 0 atom stereocenters. The number of benzene rings is 1. The smallest absolute Gasteiger partial charge is 0.389 e. The zero-order valence-electron chi connectivity index (χ0n) is 10.2. The standard InChI is InChI=1S/C12H13F3N2OS/c1-17(6-5-12(13,14)15)11(18)9-4-2-3-8(7-9)10(16)19/h2-4,7H,5-6H2,1H3,(H2,16,19). The molecule has 0 aromatic heterocycles. The maximum atomic E-state index is 12.1. The van der Waals surface area contributed by atoms with Crippen molar-refractivity contribution in [2.75, 3.05) is 13.6 Å². The molecule has 3 nitrogen and oxygen atoms in total. The van der Waals surface area contributed by atoms with Crippen molar-refractivity contribution < 1.29 is 18.0 Å². The van der Waals surface area contributed by atoms with Crippen LogP contribution in [0.5, 0.6) is 0 Å². The molecule has 0 aliphatic rings. The Morgan fingerprint density at radius 3 is 2.47 bits per heavy atom. The van der Waals surface area contributed by atoms with Gasteiger partial charge in [-0.1, -0.05) is 24.4 Å². The second-order valence-electron chi connectivity index (χ2n) is 4.04. The van der Waals surface area contributed by atoms with Crippen LogP contribution in [-0.4, -0.2) is 35.6 Å². The lowest BCUT2D eigenvalue weighted by molar-refractivity contribution is -0.136. The van der Waals surface area contributed by atoms with Crippen LogP contribution in [0.15, 0.2) is 24.3 Å². The molecule has 0 unspecified atom stereocenters. The fourth-order valence-electron chi connectivity index (χ4n) is 1.42. The van der Waals surface area contributed by atoms with Gasteiger partial charge >= 0.3 is 6.18 Å². The summed E-state index contributed by atoms with van der Waals surface area (Å²) in [5, 5.41) is 0. The number of nitrogens with two attached hydrogens (primary N) is 1. The highest BCUT2D eigenvalue weighted by molar-refractivity contribution is 7.80. The lowest BCUT2D eigenvalue weighted by Crippen LogP contribution is -2.30. The summed E-state index contributed by atoms with van der Waals surface area (Å²) in [6.07, 6.45) is -5.32. The van der Waals surface area contributed by atoms with E-state index in [1.807, 2.05) is 0 Å². The topological polar surface area (TPSA) is 46.3 Å². The van der Waals surface area contributed by atoms with Gasteiger partial charge in [-0.05, 0) is 12.1 Å². The van der Waals surface area contributed by atoms with Gasteiger partial charge in [0.05, 0.1) is 6.42 Å². The Kier molecular flexibility index (Phi) is 4.88. The molecule has 1 aromatic rings. The normalized spacial score (nSPS) is 11.2. The summed E-state index contributed by atoms with van der Waals surface area (Å²) >= 11 is 4.78. The van der Waals surface area contributed by atoms with E-state index in [-0.39, 0.29) is 17.1 Å². The van der Waals surface area contributed by atoms with E-state index in [0.717, 1.165) is 4.90 Å². The maximum absolute atomic E-state index is 12.1. The average molecular weight is 290 g/mol. The van der Waals surface area contributed by atoms with Crippen LogP contribution >= 0.6 is 12.2 Å². The molecule has 0 aliphatic carbocycles. The lowest BCUT2D eigenvalue weighted by atomic mass is 10.1. The van der Waals surface area contributed by atoms with Crippen molar-refractivity contribution in [3.8, 4) is 0 Å². The Balaban J connectivity index is 2.77. The second kappa shape index (κ2) is 6.01. The van der Waals surface area contributed by atoms with Crippen LogP contribution in [-0.2, 0) is 0 Å². The van der Waals surface area contributed by atoms with Crippen molar-refractivity contribution >= 4 is 23.1 Å². The van der Waals surface area contributed by atoms with Crippen LogP contribution < -0.4 is 5.73 Å². The van der Waals surface area contributed by atoms with E-state index in [1.54, 1.807) is 12.1 Å². The van der Waals surface area contributed by atoms with Crippen molar-refractivity contribution in [3.05, 3.63) is 35.4 Å². The van der Waals surface area contributed by atoms with E-state index in [4.69, 9.17) is 18.0 Å². The van der Waals surface area contributed by atoms with Gasteiger partial charge in [-0.15, -0.1) is 0 Å². The Bertz CT molecular complexity index is 488. The minimum atomic E-state index is -4.28. The van der Waals surface area contributed by atoms with E-state index in [0.29, 0.717) is 5.56 Å². The van der Waals surface area contributed by atoms with Gasteiger partial charge in [0.15, 0.2) is 0 Å². The highest BCUT2D eigenvalue weighted by Gasteiger charge is 2.28. The van der Waals surface area contributed by atoms with Crippen LogP contribution in [0.1, 0.15) is 22.3 Å². The molecule has 2 N–H and O–H groups in total. The molecular formula is C12H13F3N2OS. The van der Waals surface area contributed by atoms with Gasteiger partial charge in [0.25, 0.3) is 5.91 Å². The number of hydrogen-bond acceptors (Lipinski definition) is 2. The molecule has 0 spiro atoms. The molecule has 104 valence electrons. The Morgan fingerprint density at radius 1 is 1.37 bits per heavy atom. The first kappa shape index (κ1) is 15.4. The number of amides is 1. The lowest BCUT2D eigenvalue weighted by Gasteiger charge is -2.18. The number of carbonyl (C=O) groups excluding carboxylic acids is 1. The number of nitrogens with zero attached hydrogens (tertiary/aromatic N) is 1. The van der Waals surface area contributed by atoms with Gasteiger partial charge < -0.3 is 10.6 Å². The average Bonchev–Trinajstić information content (AvgIpc) is 2.34. The number of halogens is 3. The fourth-order valence-corrected chi connectivity index (χ4v) is 1.55. The number of hydrogen-bond donors (Lipinski definition) is 1. The largest absolute Gasteiger partial charge is 0.390 e. The van der Waals surface area contributed by atoms with E-state index >= 15 is 0 Å². The van der Waals surface area contributed by atoms with Crippen LogP contribution in [0.3, 0.4) is 0 Å². The molecular weight excluding hydrogens is 277 g/mol. The van der Waals surface area contributed by atoms with Crippen molar-refractivity contribution in [1.29, 1.82) is 0 Å². The van der Waals surface area contributed by atoms with Gasteiger partial charge in [-0.25, -0.2) is 0 Å². The Hall–Kier alpha value is -1.63. The van der Waals surface area contributed by atoms with E-state index in [9.17, 15) is 18.0 Å². The third-order valence-electron chi connectivity index (χ3n) is 2.47. The first-order chi connectivity index (χ1) is 8.70. The summed E-state index contributed by atoms with van der Waals surface area (Å²) in [5.74, 6) is -0.498. The highest BCUT2D eigenvalue weighted by Crippen LogP contribution is 2.20. The number of rotatable bonds is 4. The number of thiocarbonyl (C=S) groups is 1. The predicted molar refractivity (Wildman–Crippen MR) is 70.0 cm³/mol. The molecule has 1 amide bonds. The molecule has 0 heterocycles. The number of carbonyl (C=O) groups is 1. The minimum Gasteiger partial charge on any atom is -0.389 e. The summed E-state index contributed by atoms with van der Waals surface area (Å²) in [7, 11) is 1.32. The van der Waals surface area contributed by atoms with E-state index in [1.165, 1.54) is 19.2 Å². The van der Waals surface area contributed by atoms with Crippen molar-refractivity contribution in [2.24, 2.45) is 5.73 Å². The molecule has 1 aromatic carbocycles. The first-order valence-electron chi connectivity index (χ1n) is 5.43. The molecule has 0 saturated heterocycles. The van der Waals surface area contributed by atoms with Crippen LogP contribution in [0.25, 0.3) is 0 Å². The summed E-state index contributed by atoms with van der Waals surface area (Å²) in [6, 6.07) is 6.19. The first-order valence-corrected chi connectivity index (χ1v) is 5.83. The summed E-state index contributed by atoms with van der Waals surface area (Å²) in [4.78, 5) is 13.1. The number of alkyl halides is 3. The molecule has 1 rings (SSSR count). The third-order valence-corrected chi connectivity index (χ3v) is 2.71.